The lowest BCUT2D eigenvalue weighted by molar-refractivity contribution is 0.201. The molecule has 1 heterocycles. The number of fused-ring (bicyclic) bond motifs is 1. The standard InChI is InChI=1S/C23H27N3O4/c1-15(2)13-26(14-16-11-22(27)24-19-8-6-5-7-18(16)19)23(28)25-20-10-9-17(29-3)12-21(20)30-4/h5-12,15H,13-14H2,1-4H3,(H,24,27)(H,25,28). The van der Waals surface area contributed by atoms with Gasteiger partial charge in [-0.25, -0.2) is 4.79 Å². The van der Waals surface area contributed by atoms with Gasteiger partial charge in [0.05, 0.1) is 19.9 Å². The molecule has 0 saturated heterocycles. The summed E-state index contributed by atoms with van der Waals surface area (Å²) in [6.07, 6.45) is 0. The van der Waals surface area contributed by atoms with Crippen LogP contribution in [0.5, 0.6) is 11.5 Å². The fourth-order valence-electron chi connectivity index (χ4n) is 3.37. The number of hydrogen-bond acceptors (Lipinski definition) is 4. The molecule has 0 aliphatic rings. The van der Waals surface area contributed by atoms with Crippen molar-refractivity contribution in [2.24, 2.45) is 5.92 Å². The van der Waals surface area contributed by atoms with E-state index in [4.69, 9.17) is 9.47 Å². The number of nitrogens with one attached hydrogen (secondary N) is 2. The molecule has 0 atom stereocenters. The summed E-state index contributed by atoms with van der Waals surface area (Å²) in [5.74, 6) is 1.40. The van der Waals surface area contributed by atoms with Gasteiger partial charge in [0.25, 0.3) is 0 Å². The summed E-state index contributed by atoms with van der Waals surface area (Å²) in [4.78, 5) is 29.8. The number of amides is 2. The minimum Gasteiger partial charge on any atom is -0.497 e. The van der Waals surface area contributed by atoms with E-state index in [0.717, 1.165) is 16.5 Å². The molecule has 2 N–H and O–H groups in total. The van der Waals surface area contributed by atoms with Crippen LogP contribution in [0.15, 0.2) is 53.3 Å². The first-order valence-electron chi connectivity index (χ1n) is 9.80. The van der Waals surface area contributed by atoms with Gasteiger partial charge < -0.3 is 24.7 Å². The number of rotatable bonds is 7. The van der Waals surface area contributed by atoms with Crippen LogP contribution < -0.4 is 20.3 Å². The molecule has 7 heteroatoms. The van der Waals surface area contributed by atoms with Gasteiger partial charge >= 0.3 is 6.03 Å². The maximum absolute atomic E-state index is 13.1. The number of aromatic amines is 1. The first-order valence-corrected chi connectivity index (χ1v) is 9.80. The van der Waals surface area contributed by atoms with Gasteiger partial charge in [-0.05, 0) is 29.7 Å². The number of anilines is 1. The van der Waals surface area contributed by atoms with Crippen LogP contribution >= 0.6 is 0 Å². The van der Waals surface area contributed by atoms with E-state index in [-0.39, 0.29) is 17.5 Å². The van der Waals surface area contributed by atoms with E-state index in [2.05, 4.69) is 10.3 Å². The summed E-state index contributed by atoms with van der Waals surface area (Å²) in [5, 5.41) is 3.84. The fraction of sp³-hybridized carbons (Fsp3) is 0.304. The van der Waals surface area contributed by atoms with Crippen molar-refractivity contribution in [3.63, 3.8) is 0 Å². The van der Waals surface area contributed by atoms with E-state index in [9.17, 15) is 9.59 Å². The maximum atomic E-state index is 13.1. The van der Waals surface area contributed by atoms with Crippen molar-refractivity contribution >= 4 is 22.6 Å². The summed E-state index contributed by atoms with van der Waals surface area (Å²) in [6, 6.07) is 14.1. The van der Waals surface area contributed by atoms with E-state index < -0.39 is 0 Å². The summed E-state index contributed by atoms with van der Waals surface area (Å²) >= 11 is 0. The van der Waals surface area contributed by atoms with Crippen LogP contribution in [0, 0.1) is 5.92 Å². The summed E-state index contributed by atoms with van der Waals surface area (Å²) in [7, 11) is 3.11. The minimum absolute atomic E-state index is 0.189. The first-order chi connectivity index (χ1) is 14.4. The average molecular weight is 409 g/mol. The van der Waals surface area contributed by atoms with Crippen LogP contribution in [0.4, 0.5) is 10.5 Å². The summed E-state index contributed by atoms with van der Waals surface area (Å²) in [5.41, 5.74) is 1.91. The highest BCUT2D eigenvalue weighted by Crippen LogP contribution is 2.29. The van der Waals surface area contributed by atoms with Crippen molar-refractivity contribution in [2.45, 2.75) is 20.4 Å². The Morgan fingerprint density at radius 3 is 2.57 bits per heavy atom. The Morgan fingerprint density at radius 2 is 1.87 bits per heavy atom. The SMILES string of the molecule is COc1ccc(NC(=O)N(Cc2cc(=O)[nH]c3ccccc23)CC(C)C)c(OC)c1. The number of aromatic nitrogens is 1. The van der Waals surface area contributed by atoms with Gasteiger partial charge in [0.1, 0.15) is 11.5 Å². The Bertz CT molecular complexity index is 1090. The van der Waals surface area contributed by atoms with Crippen LogP contribution in [-0.2, 0) is 6.54 Å². The number of urea groups is 1. The van der Waals surface area contributed by atoms with Crippen molar-refractivity contribution < 1.29 is 14.3 Å². The van der Waals surface area contributed by atoms with E-state index in [1.807, 2.05) is 38.1 Å². The topological polar surface area (TPSA) is 83.7 Å². The number of pyridine rings is 1. The van der Waals surface area contributed by atoms with Gasteiger partial charge in [-0.15, -0.1) is 0 Å². The molecule has 7 nitrogen and oxygen atoms in total. The maximum Gasteiger partial charge on any atom is 0.322 e. The molecule has 2 aromatic carbocycles. The molecule has 158 valence electrons. The predicted octanol–water partition coefficient (Wildman–Crippen LogP) is 4.24. The Morgan fingerprint density at radius 1 is 1.10 bits per heavy atom. The number of carbonyl (C=O) groups excluding carboxylic acids is 1. The quantitative estimate of drug-likeness (QED) is 0.612. The third-order valence-electron chi connectivity index (χ3n) is 4.72. The summed E-state index contributed by atoms with van der Waals surface area (Å²) < 4.78 is 10.6. The van der Waals surface area contributed by atoms with Crippen molar-refractivity contribution in [2.75, 3.05) is 26.1 Å². The Hall–Kier alpha value is -3.48. The first kappa shape index (κ1) is 21.2. The van der Waals surface area contributed by atoms with E-state index in [1.165, 1.54) is 0 Å². The van der Waals surface area contributed by atoms with Crippen molar-refractivity contribution in [3.05, 3.63) is 64.4 Å². The highest BCUT2D eigenvalue weighted by molar-refractivity contribution is 5.91. The Kier molecular flexibility index (Phi) is 6.61. The molecule has 0 bridgehead atoms. The number of methoxy groups -OCH3 is 2. The highest BCUT2D eigenvalue weighted by atomic mass is 16.5. The third kappa shape index (κ3) is 4.92. The zero-order chi connectivity index (χ0) is 21.7. The molecular weight excluding hydrogens is 382 g/mol. The van der Waals surface area contributed by atoms with Crippen molar-refractivity contribution in [1.29, 1.82) is 0 Å². The fourth-order valence-corrected chi connectivity index (χ4v) is 3.37. The molecule has 0 fully saturated rings. The van der Waals surface area contributed by atoms with E-state index >= 15 is 0 Å². The zero-order valence-electron chi connectivity index (χ0n) is 17.7. The second kappa shape index (κ2) is 9.35. The molecule has 0 aliphatic carbocycles. The molecule has 3 aromatic rings. The molecule has 0 spiro atoms. The number of carbonyl (C=O) groups is 1. The lowest BCUT2D eigenvalue weighted by atomic mass is 10.1. The molecular formula is C23H27N3O4. The lowest BCUT2D eigenvalue weighted by Crippen LogP contribution is -2.37. The average Bonchev–Trinajstić information content (AvgIpc) is 2.73. The Balaban J connectivity index is 1.90. The van der Waals surface area contributed by atoms with E-state index in [0.29, 0.717) is 30.3 Å². The number of benzene rings is 2. The zero-order valence-corrected chi connectivity index (χ0v) is 17.7. The van der Waals surface area contributed by atoms with Crippen LogP contribution in [0.3, 0.4) is 0 Å². The number of hydrogen-bond donors (Lipinski definition) is 2. The smallest absolute Gasteiger partial charge is 0.322 e. The molecule has 0 saturated carbocycles. The molecule has 0 radical (unpaired) electrons. The second-order valence-electron chi connectivity index (χ2n) is 7.48. The van der Waals surface area contributed by atoms with Gasteiger partial charge in [-0.1, -0.05) is 32.0 Å². The van der Waals surface area contributed by atoms with Crippen LogP contribution in [0.1, 0.15) is 19.4 Å². The third-order valence-corrected chi connectivity index (χ3v) is 4.72. The van der Waals surface area contributed by atoms with E-state index in [1.54, 1.807) is 43.4 Å². The van der Waals surface area contributed by atoms with Crippen molar-refractivity contribution in [3.8, 4) is 11.5 Å². The number of nitrogens with zero attached hydrogens (tertiary/aromatic N) is 1. The predicted molar refractivity (Wildman–Crippen MR) is 118 cm³/mol. The molecule has 3 rings (SSSR count). The van der Waals surface area contributed by atoms with Gasteiger partial charge in [0.15, 0.2) is 0 Å². The van der Waals surface area contributed by atoms with Gasteiger partial charge in [0, 0.05) is 36.1 Å². The van der Waals surface area contributed by atoms with Gasteiger partial charge in [-0.3, -0.25) is 4.79 Å². The molecule has 0 aliphatic heterocycles. The molecule has 1 aromatic heterocycles. The minimum atomic E-state index is -0.267. The second-order valence-corrected chi connectivity index (χ2v) is 7.48. The van der Waals surface area contributed by atoms with Gasteiger partial charge in [-0.2, -0.15) is 0 Å². The Labute approximate surface area is 175 Å². The van der Waals surface area contributed by atoms with Crippen LogP contribution in [0.25, 0.3) is 10.9 Å². The van der Waals surface area contributed by atoms with Crippen LogP contribution in [0.2, 0.25) is 0 Å². The molecule has 2 amide bonds. The van der Waals surface area contributed by atoms with Gasteiger partial charge in [0.2, 0.25) is 5.56 Å². The largest absolute Gasteiger partial charge is 0.497 e. The normalized spacial score (nSPS) is 10.8. The monoisotopic (exact) mass is 409 g/mol. The van der Waals surface area contributed by atoms with Crippen molar-refractivity contribution in [1.82, 2.24) is 9.88 Å². The number of para-hydroxylation sites is 1. The van der Waals surface area contributed by atoms with Crippen LogP contribution in [-0.4, -0.2) is 36.7 Å². The molecule has 0 unspecified atom stereocenters. The number of ether oxygens (including phenoxy) is 2. The lowest BCUT2D eigenvalue weighted by Gasteiger charge is -2.26. The highest BCUT2D eigenvalue weighted by Gasteiger charge is 2.19. The summed E-state index contributed by atoms with van der Waals surface area (Å²) in [6.45, 7) is 4.94. The number of H-pyrrole nitrogens is 1. The molecule has 30 heavy (non-hydrogen) atoms.